The third-order valence-electron chi connectivity index (χ3n) is 5.51. The molecule has 0 unspecified atom stereocenters. The highest BCUT2D eigenvalue weighted by Gasteiger charge is 2.38. The SMILES string of the molecule is Cc1nc(N[C@H](C)c2cccc(C(F)F)c2F)c2cc(N3CCOCC3)c(C(F)(F)F)nc2n1. The van der Waals surface area contributed by atoms with E-state index in [1.54, 1.807) is 0 Å². The Morgan fingerprint density at radius 1 is 1.06 bits per heavy atom. The summed E-state index contributed by atoms with van der Waals surface area (Å²) in [6.07, 6.45) is -7.71. The van der Waals surface area contributed by atoms with Crippen molar-refractivity contribution in [3.05, 3.63) is 52.7 Å². The number of hydrogen-bond donors (Lipinski definition) is 1. The predicted octanol–water partition coefficient (Wildman–Crippen LogP) is 5.44. The van der Waals surface area contributed by atoms with E-state index in [4.69, 9.17) is 4.74 Å². The van der Waals surface area contributed by atoms with Gasteiger partial charge in [0.1, 0.15) is 17.5 Å². The molecule has 1 aromatic carbocycles. The van der Waals surface area contributed by atoms with Crippen LogP contribution in [0.1, 0.15) is 42.0 Å². The van der Waals surface area contributed by atoms with Crippen molar-refractivity contribution in [2.45, 2.75) is 32.5 Å². The minimum atomic E-state index is -4.72. The highest BCUT2D eigenvalue weighted by molar-refractivity contribution is 5.90. The second kappa shape index (κ2) is 9.24. The summed E-state index contributed by atoms with van der Waals surface area (Å²) in [6, 6.07) is 4.14. The monoisotopic (exact) mass is 485 g/mol. The minimum absolute atomic E-state index is 0.0320. The summed E-state index contributed by atoms with van der Waals surface area (Å²) in [4.78, 5) is 13.7. The highest BCUT2D eigenvalue weighted by Crippen LogP contribution is 2.39. The van der Waals surface area contributed by atoms with E-state index in [-0.39, 0.29) is 60.2 Å². The molecule has 1 atom stereocenters. The zero-order valence-corrected chi connectivity index (χ0v) is 18.3. The summed E-state index contributed by atoms with van der Waals surface area (Å²) in [7, 11) is 0. The second-order valence-electron chi connectivity index (χ2n) is 7.86. The van der Waals surface area contributed by atoms with E-state index in [0.29, 0.717) is 0 Å². The molecule has 6 nitrogen and oxygen atoms in total. The van der Waals surface area contributed by atoms with Crippen molar-refractivity contribution in [2.24, 2.45) is 0 Å². The van der Waals surface area contributed by atoms with Gasteiger partial charge in [0, 0.05) is 18.7 Å². The van der Waals surface area contributed by atoms with Crippen LogP contribution in [-0.2, 0) is 10.9 Å². The van der Waals surface area contributed by atoms with Gasteiger partial charge in [-0.2, -0.15) is 13.2 Å². The number of pyridine rings is 1. The van der Waals surface area contributed by atoms with E-state index >= 15 is 0 Å². The molecule has 182 valence electrons. The summed E-state index contributed by atoms with van der Waals surface area (Å²) in [5.74, 6) is -0.796. The van der Waals surface area contributed by atoms with E-state index in [9.17, 15) is 26.3 Å². The van der Waals surface area contributed by atoms with Crippen LogP contribution in [-0.4, -0.2) is 41.3 Å². The van der Waals surface area contributed by atoms with Crippen LogP contribution in [0.15, 0.2) is 24.3 Å². The van der Waals surface area contributed by atoms with Crippen LogP contribution in [0.2, 0.25) is 0 Å². The Kier molecular flexibility index (Phi) is 6.52. The molecule has 0 aliphatic carbocycles. The molecule has 4 rings (SSSR count). The molecule has 1 saturated heterocycles. The van der Waals surface area contributed by atoms with Gasteiger partial charge in [0.25, 0.3) is 6.43 Å². The quantitative estimate of drug-likeness (QED) is 0.486. The van der Waals surface area contributed by atoms with E-state index < -0.39 is 35.7 Å². The number of rotatable bonds is 5. The number of alkyl halides is 5. The van der Waals surface area contributed by atoms with Crippen molar-refractivity contribution in [1.29, 1.82) is 0 Å². The molecule has 1 aliphatic rings. The third kappa shape index (κ3) is 4.72. The lowest BCUT2D eigenvalue weighted by atomic mass is 10.0. The van der Waals surface area contributed by atoms with E-state index in [1.807, 2.05) is 0 Å². The van der Waals surface area contributed by atoms with Crippen molar-refractivity contribution in [2.75, 3.05) is 36.5 Å². The number of benzene rings is 1. The number of fused-ring (bicyclic) bond motifs is 1. The third-order valence-corrected chi connectivity index (χ3v) is 5.51. The van der Waals surface area contributed by atoms with E-state index in [0.717, 1.165) is 6.07 Å². The van der Waals surface area contributed by atoms with Crippen LogP contribution in [0.4, 0.5) is 37.8 Å². The van der Waals surface area contributed by atoms with Crippen molar-refractivity contribution >= 4 is 22.5 Å². The number of aryl methyl sites for hydroxylation is 1. The van der Waals surface area contributed by atoms with E-state index in [1.165, 1.54) is 36.9 Å². The first-order valence-electron chi connectivity index (χ1n) is 10.5. The van der Waals surface area contributed by atoms with Gasteiger partial charge in [-0.25, -0.2) is 28.1 Å². The maximum atomic E-state index is 14.7. The van der Waals surface area contributed by atoms with Crippen LogP contribution in [0, 0.1) is 12.7 Å². The normalized spacial score (nSPS) is 15.7. The summed E-state index contributed by atoms with van der Waals surface area (Å²) in [5, 5.41) is 3.13. The molecule has 0 spiro atoms. The molecule has 3 heterocycles. The van der Waals surface area contributed by atoms with Gasteiger partial charge in [-0.3, -0.25) is 0 Å². The molecule has 1 aliphatic heterocycles. The van der Waals surface area contributed by atoms with Crippen LogP contribution in [0.3, 0.4) is 0 Å². The first-order chi connectivity index (χ1) is 16.1. The first kappa shape index (κ1) is 24.0. The van der Waals surface area contributed by atoms with E-state index in [2.05, 4.69) is 20.3 Å². The van der Waals surface area contributed by atoms with Crippen LogP contribution in [0.5, 0.6) is 0 Å². The lowest BCUT2D eigenvalue weighted by Crippen LogP contribution is -2.37. The summed E-state index contributed by atoms with van der Waals surface area (Å²) < 4.78 is 87.6. The first-order valence-corrected chi connectivity index (χ1v) is 10.5. The largest absolute Gasteiger partial charge is 0.435 e. The Morgan fingerprint density at radius 3 is 2.38 bits per heavy atom. The molecule has 1 N–H and O–H groups in total. The average Bonchev–Trinajstić information content (AvgIpc) is 2.78. The van der Waals surface area contributed by atoms with Gasteiger partial charge in [0.05, 0.1) is 35.9 Å². The lowest BCUT2D eigenvalue weighted by molar-refractivity contribution is -0.140. The molecule has 0 bridgehead atoms. The van der Waals surface area contributed by atoms with Gasteiger partial charge < -0.3 is 15.0 Å². The second-order valence-corrected chi connectivity index (χ2v) is 7.86. The number of ether oxygens (including phenoxy) is 1. The highest BCUT2D eigenvalue weighted by atomic mass is 19.4. The van der Waals surface area contributed by atoms with Gasteiger partial charge >= 0.3 is 6.18 Å². The average molecular weight is 485 g/mol. The van der Waals surface area contributed by atoms with Gasteiger partial charge in [0.2, 0.25) is 0 Å². The van der Waals surface area contributed by atoms with Gasteiger partial charge in [-0.05, 0) is 19.9 Å². The molecule has 34 heavy (non-hydrogen) atoms. The number of halogens is 6. The molecule has 3 aromatic rings. The zero-order chi connectivity index (χ0) is 24.6. The van der Waals surface area contributed by atoms with Crippen molar-refractivity contribution in [3.63, 3.8) is 0 Å². The molecular weight excluding hydrogens is 464 g/mol. The summed E-state index contributed by atoms with van der Waals surface area (Å²) in [5.41, 5.74) is -2.17. The molecule has 1 fully saturated rings. The van der Waals surface area contributed by atoms with Crippen LogP contribution >= 0.6 is 0 Å². The topological polar surface area (TPSA) is 63.2 Å². The number of anilines is 2. The fourth-order valence-electron chi connectivity index (χ4n) is 3.87. The Bertz CT molecular complexity index is 1200. The van der Waals surface area contributed by atoms with Crippen molar-refractivity contribution in [1.82, 2.24) is 15.0 Å². The van der Waals surface area contributed by atoms with Crippen molar-refractivity contribution < 1.29 is 31.1 Å². The fourth-order valence-corrected chi connectivity index (χ4v) is 3.87. The summed E-state index contributed by atoms with van der Waals surface area (Å²) >= 11 is 0. The Labute approximate surface area is 191 Å². The molecule has 0 radical (unpaired) electrons. The number of nitrogens with zero attached hydrogens (tertiary/aromatic N) is 4. The van der Waals surface area contributed by atoms with Gasteiger partial charge in [-0.1, -0.05) is 18.2 Å². The maximum absolute atomic E-state index is 14.7. The molecule has 0 saturated carbocycles. The summed E-state index contributed by atoms with van der Waals surface area (Å²) in [6.45, 7) is 4.04. The number of nitrogens with one attached hydrogen (secondary N) is 1. The standard InChI is InChI=1S/C22H21F6N5O/c1-11(13-4-3-5-14(17(13)23)19(24)25)29-20-15-10-16(33-6-8-34-9-7-33)18(22(26,27)28)32-21(15)31-12(2)30-20/h3-5,10-11,19H,6-9H2,1-2H3,(H,29,30,31,32)/t11-/m1/s1. The maximum Gasteiger partial charge on any atom is 0.435 e. The number of morpholine rings is 1. The van der Waals surface area contributed by atoms with Crippen molar-refractivity contribution in [3.8, 4) is 0 Å². The molecule has 0 amide bonds. The van der Waals surface area contributed by atoms with Crippen LogP contribution in [0.25, 0.3) is 11.0 Å². The number of hydrogen-bond acceptors (Lipinski definition) is 6. The molecule has 2 aromatic heterocycles. The number of aromatic nitrogens is 3. The Morgan fingerprint density at radius 2 is 1.74 bits per heavy atom. The zero-order valence-electron chi connectivity index (χ0n) is 18.3. The van der Waals surface area contributed by atoms with Gasteiger partial charge in [-0.15, -0.1) is 0 Å². The smallest absolute Gasteiger partial charge is 0.378 e. The Balaban J connectivity index is 1.81. The molecule has 12 heteroatoms. The molecular formula is C22H21F6N5O. The van der Waals surface area contributed by atoms with Gasteiger partial charge in [0.15, 0.2) is 11.3 Å². The predicted molar refractivity (Wildman–Crippen MR) is 113 cm³/mol. The minimum Gasteiger partial charge on any atom is -0.378 e. The van der Waals surface area contributed by atoms with Crippen LogP contribution < -0.4 is 10.2 Å². The fraction of sp³-hybridized carbons (Fsp3) is 0.409. The Hall–Kier alpha value is -3.15. The lowest BCUT2D eigenvalue weighted by Gasteiger charge is -2.31.